The summed E-state index contributed by atoms with van der Waals surface area (Å²) in [7, 11) is -16.4. The van der Waals surface area contributed by atoms with Crippen LogP contribution in [0.5, 0.6) is 0 Å². The molecule has 1 rings (SSSR count). The molecule has 0 amide bonds. The fourth-order valence-electron chi connectivity index (χ4n) is 1.98. The largest absolute Gasteiger partial charge is 0.470 e. The number of aliphatic hydroxyl groups excluding tert-OH is 2. The van der Waals surface area contributed by atoms with E-state index in [4.69, 9.17) is 29.4 Å². The number of alkyl halides is 1. The molecule has 1 aliphatic carbocycles. The molecule has 1 fully saturated rings. The highest BCUT2D eigenvalue weighted by Gasteiger charge is 2.57. The second-order valence-corrected chi connectivity index (χ2v) is 8.18. The van der Waals surface area contributed by atoms with Gasteiger partial charge in [0.05, 0.1) is 0 Å². The first-order valence-electron chi connectivity index (χ1n) is 5.74. The molecule has 144 valence electrons. The van der Waals surface area contributed by atoms with Crippen LogP contribution < -0.4 is 0 Å². The van der Waals surface area contributed by atoms with Gasteiger partial charge in [0.1, 0.15) is 30.5 Å². The van der Waals surface area contributed by atoms with Crippen molar-refractivity contribution in [2.45, 2.75) is 36.7 Å². The number of hydrogen-bond acceptors (Lipinski definition) is 8. The van der Waals surface area contributed by atoms with E-state index in [0.717, 1.165) is 0 Å². The molecule has 1 aliphatic rings. The minimum Gasteiger partial charge on any atom is -0.387 e. The zero-order valence-electron chi connectivity index (χ0n) is 11.2. The van der Waals surface area contributed by atoms with Crippen LogP contribution in [0.1, 0.15) is 0 Å². The van der Waals surface area contributed by atoms with Crippen molar-refractivity contribution in [2.24, 2.45) is 0 Å². The lowest BCUT2D eigenvalue weighted by Crippen LogP contribution is -2.63. The van der Waals surface area contributed by atoms with Crippen molar-refractivity contribution in [3.8, 4) is 0 Å². The van der Waals surface area contributed by atoms with E-state index >= 15 is 0 Å². The molecule has 0 bridgehead atoms. The lowest BCUT2D eigenvalue weighted by atomic mass is 9.86. The van der Waals surface area contributed by atoms with Crippen molar-refractivity contribution in [3.63, 3.8) is 0 Å². The second-order valence-electron chi connectivity index (χ2n) is 4.61. The Bertz CT molecular complexity index is 579. The summed E-state index contributed by atoms with van der Waals surface area (Å²) in [6.07, 6.45) is -15.6. The molecule has 0 unspecified atom stereocenters. The van der Waals surface area contributed by atoms with Crippen LogP contribution in [0.4, 0.5) is 4.39 Å². The zero-order chi connectivity index (χ0) is 19.1. The number of aliphatic hydroxyl groups is 2. The summed E-state index contributed by atoms with van der Waals surface area (Å²) in [4.78, 5) is 52.1. The molecule has 0 saturated heterocycles. The fraction of sp³-hybridized carbons (Fsp3) is 1.00. The highest BCUT2D eigenvalue weighted by molar-refractivity contribution is 7.46. The summed E-state index contributed by atoms with van der Waals surface area (Å²) in [5, 5.41) is 19.4. The summed E-state index contributed by atoms with van der Waals surface area (Å²) in [6, 6.07) is 0. The average molecular weight is 422 g/mol. The van der Waals surface area contributed by atoms with Gasteiger partial charge in [-0.25, -0.2) is 18.1 Å². The molecular weight excluding hydrogens is 408 g/mol. The van der Waals surface area contributed by atoms with E-state index in [1.807, 2.05) is 0 Å². The third kappa shape index (κ3) is 6.48. The molecule has 6 atom stereocenters. The molecule has 0 aromatic heterocycles. The third-order valence-corrected chi connectivity index (χ3v) is 4.30. The smallest absolute Gasteiger partial charge is 0.387 e. The summed E-state index contributed by atoms with van der Waals surface area (Å²) in [6.45, 7) is 0. The molecule has 0 aromatic rings. The molecular formula is C6H14FO14P3. The molecule has 18 heteroatoms. The van der Waals surface area contributed by atoms with Gasteiger partial charge < -0.3 is 39.6 Å². The van der Waals surface area contributed by atoms with Gasteiger partial charge in [0.15, 0.2) is 6.17 Å². The minimum absolute atomic E-state index is 2.50. The van der Waals surface area contributed by atoms with Gasteiger partial charge >= 0.3 is 23.5 Å². The molecule has 8 N–H and O–H groups in total. The van der Waals surface area contributed by atoms with Crippen LogP contribution in [0.25, 0.3) is 0 Å². The van der Waals surface area contributed by atoms with Gasteiger partial charge in [0, 0.05) is 0 Å². The summed E-state index contributed by atoms with van der Waals surface area (Å²) >= 11 is 0. The fourth-order valence-corrected chi connectivity index (χ4v) is 3.66. The Morgan fingerprint density at radius 3 is 1.25 bits per heavy atom. The highest BCUT2D eigenvalue weighted by atomic mass is 31.2. The van der Waals surface area contributed by atoms with Gasteiger partial charge in [0.2, 0.25) is 0 Å². The first kappa shape index (κ1) is 22.2. The molecule has 24 heavy (non-hydrogen) atoms. The SMILES string of the molecule is O=P(O)(O)O[C@@H]1[C@@H](O)[C@H](OP(=O)(O)O)[C@H](F)[C@H](O)[C@H]1OP(=O)(O)O. The van der Waals surface area contributed by atoms with Crippen molar-refractivity contribution >= 4 is 23.5 Å². The summed E-state index contributed by atoms with van der Waals surface area (Å²) in [5.41, 5.74) is 0. The lowest BCUT2D eigenvalue weighted by Gasteiger charge is -2.43. The second kappa shape index (κ2) is 7.43. The van der Waals surface area contributed by atoms with E-state index in [0.29, 0.717) is 0 Å². The Morgan fingerprint density at radius 1 is 0.625 bits per heavy atom. The number of phosphoric acid groups is 3. The van der Waals surface area contributed by atoms with E-state index < -0.39 is 60.2 Å². The number of hydrogen-bond donors (Lipinski definition) is 8. The van der Waals surface area contributed by atoms with Crippen molar-refractivity contribution in [3.05, 3.63) is 0 Å². The Kier molecular flexibility index (Phi) is 6.88. The van der Waals surface area contributed by atoms with Gasteiger partial charge in [0.25, 0.3) is 0 Å². The van der Waals surface area contributed by atoms with E-state index in [-0.39, 0.29) is 0 Å². The molecule has 0 spiro atoms. The van der Waals surface area contributed by atoms with Gasteiger partial charge in [-0.3, -0.25) is 13.6 Å². The first-order chi connectivity index (χ1) is 10.5. The standard InChI is InChI=1S/C6H14FO14P3/c7-1-2(8)5(20-23(13,14)15)6(21-24(16,17)18)3(9)4(1)19-22(10,11)12/h1-6,8-9H,(H2,10,11,12)(H2,13,14,15)(H2,16,17,18)/t1-,2+,3+,4-,5-,6-/m1/s1. The Hall–Kier alpha value is 0.180. The van der Waals surface area contributed by atoms with E-state index in [9.17, 15) is 28.3 Å². The van der Waals surface area contributed by atoms with E-state index in [1.54, 1.807) is 0 Å². The van der Waals surface area contributed by atoms with Crippen LogP contribution in [-0.4, -0.2) is 76.3 Å². The molecule has 1 saturated carbocycles. The molecule has 0 radical (unpaired) electrons. The van der Waals surface area contributed by atoms with Crippen LogP contribution in [0.15, 0.2) is 0 Å². The van der Waals surface area contributed by atoms with Crippen molar-refractivity contribution in [2.75, 3.05) is 0 Å². The van der Waals surface area contributed by atoms with Gasteiger partial charge in [-0.15, -0.1) is 0 Å². The van der Waals surface area contributed by atoms with E-state index in [1.165, 1.54) is 0 Å². The van der Waals surface area contributed by atoms with Crippen molar-refractivity contribution in [1.82, 2.24) is 0 Å². The average Bonchev–Trinajstić information content (AvgIpc) is 2.32. The topological polar surface area (TPSA) is 241 Å². The zero-order valence-corrected chi connectivity index (χ0v) is 13.9. The van der Waals surface area contributed by atoms with Gasteiger partial charge in [-0.05, 0) is 0 Å². The number of rotatable bonds is 6. The monoisotopic (exact) mass is 422 g/mol. The molecule has 0 heterocycles. The van der Waals surface area contributed by atoms with Crippen LogP contribution >= 0.6 is 23.5 Å². The van der Waals surface area contributed by atoms with Crippen LogP contribution in [-0.2, 0) is 27.3 Å². The molecule has 14 nitrogen and oxygen atoms in total. The maximum atomic E-state index is 14.0. The van der Waals surface area contributed by atoms with Crippen molar-refractivity contribution in [1.29, 1.82) is 0 Å². The maximum absolute atomic E-state index is 14.0. The Balaban J connectivity index is 3.23. The molecule has 0 aromatic carbocycles. The van der Waals surface area contributed by atoms with E-state index in [2.05, 4.69) is 13.6 Å². The van der Waals surface area contributed by atoms with Crippen LogP contribution in [0.3, 0.4) is 0 Å². The van der Waals surface area contributed by atoms with Crippen molar-refractivity contribution < 1.29 is 71.2 Å². The summed E-state index contributed by atoms with van der Waals surface area (Å²) < 4.78 is 58.3. The molecule has 0 aliphatic heterocycles. The summed E-state index contributed by atoms with van der Waals surface area (Å²) in [5.74, 6) is 0. The number of phosphoric ester groups is 3. The minimum atomic E-state index is -5.47. The number of halogens is 1. The predicted molar refractivity (Wildman–Crippen MR) is 67.7 cm³/mol. The van der Waals surface area contributed by atoms with Crippen LogP contribution in [0.2, 0.25) is 0 Å². The van der Waals surface area contributed by atoms with Crippen LogP contribution in [0, 0.1) is 0 Å². The van der Waals surface area contributed by atoms with Gasteiger partial charge in [-0.1, -0.05) is 0 Å². The predicted octanol–water partition coefficient (Wildman–Crippen LogP) is -2.51. The Labute approximate surface area is 132 Å². The Morgan fingerprint density at radius 2 is 0.917 bits per heavy atom. The maximum Gasteiger partial charge on any atom is 0.470 e. The highest BCUT2D eigenvalue weighted by Crippen LogP contribution is 2.49. The van der Waals surface area contributed by atoms with Gasteiger partial charge in [-0.2, -0.15) is 0 Å². The third-order valence-electron chi connectivity index (χ3n) is 2.75. The lowest BCUT2D eigenvalue weighted by molar-refractivity contribution is -0.195. The quantitative estimate of drug-likeness (QED) is 0.206. The first-order valence-corrected chi connectivity index (χ1v) is 10.3. The normalized spacial score (nSPS) is 35.9.